The molecule has 0 aliphatic heterocycles. The third kappa shape index (κ3) is 5.40. The van der Waals surface area contributed by atoms with Gasteiger partial charge in [-0.15, -0.1) is 0 Å². The molecule has 0 aromatic heterocycles. The summed E-state index contributed by atoms with van der Waals surface area (Å²) in [5.41, 5.74) is 9.70. The molecule has 0 saturated carbocycles. The highest BCUT2D eigenvalue weighted by molar-refractivity contribution is 5.80. The molecule has 4 aromatic carbocycles. The second kappa shape index (κ2) is 10.9. The van der Waals surface area contributed by atoms with Gasteiger partial charge in [0.05, 0.1) is 0 Å². The molecule has 0 heterocycles. The molecule has 0 saturated heterocycles. The molecule has 172 valence electrons. The molecule has 0 amide bonds. The van der Waals surface area contributed by atoms with Gasteiger partial charge in [0.2, 0.25) is 0 Å². The van der Waals surface area contributed by atoms with Crippen molar-refractivity contribution in [3.05, 3.63) is 119 Å². The Morgan fingerprint density at radius 3 is 1.53 bits per heavy atom. The first-order valence-corrected chi connectivity index (χ1v) is 12.1. The van der Waals surface area contributed by atoms with E-state index < -0.39 is 0 Å². The number of hydrogen-bond acceptors (Lipinski definition) is 2. The molecule has 2 nitrogen and oxygen atoms in total. The molecule has 4 aromatic rings. The summed E-state index contributed by atoms with van der Waals surface area (Å²) in [5.74, 6) is 0. The van der Waals surface area contributed by atoms with Crippen LogP contribution in [0.5, 0.6) is 0 Å². The molecule has 0 fully saturated rings. The zero-order valence-corrected chi connectivity index (χ0v) is 20.7. The van der Waals surface area contributed by atoms with Gasteiger partial charge in [0.1, 0.15) is 0 Å². The molecule has 0 aliphatic rings. The van der Waals surface area contributed by atoms with Gasteiger partial charge >= 0.3 is 0 Å². The van der Waals surface area contributed by atoms with Gasteiger partial charge < -0.3 is 9.80 Å². The van der Waals surface area contributed by atoms with Crippen molar-refractivity contribution in [1.29, 1.82) is 0 Å². The lowest BCUT2D eigenvalue weighted by Crippen LogP contribution is -2.22. The topological polar surface area (TPSA) is 6.48 Å². The van der Waals surface area contributed by atoms with E-state index in [2.05, 4.69) is 147 Å². The molecule has 0 aliphatic carbocycles. The Morgan fingerprint density at radius 2 is 1.03 bits per heavy atom. The van der Waals surface area contributed by atoms with Crippen LogP contribution in [0.25, 0.3) is 12.2 Å². The second-order valence-electron chi connectivity index (χ2n) is 8.66. The standard InChI is InChI=1S/C32H34N2/c1-5-33(6-2)32-10-8-7-9-28(32)18-15-27-16-23-31(24-17-27)34(29-19-11-25(3)12-20-29)30-21-13-26(4)14-22-30/h7-24H,5-6H2,1-4H3/b18-15+. The van der Waals surface area contributed by atoms with Crippen molar-refractivity contribution in [2.45, 2.75) is 27.7 Å². The van der Waals surface area contributed by atoms with Gasteiger partial charge in [-0.25, -0.2) is 0 Å². The Morgan fingerprint density at radius 1 is 0.559 bits per heavy atom. The molecule has 0 N–H and O–H groups in total. The van der Waals surface area contributed by atoms with Gasteiger partial charge in [0.25, 0.3) is 0 Å². The number of nitrogens with zero attached hydrogens (tertiary/aromatic N) is 2. The van der Waals surface area contributed by atoms with E-state index in [0.717, 1.165) is 30.2 Å². The largest absolute Gasteiger partial charge is 0.372 e. The Bertz CT molecular complexity index is 1170. The highest BCUT2D eigenvalue weighted by Gasteiger charge is 2.12. The lowest BCUT2D eigenvalue weighted by Gasteiger charge is -2.26. The molecular formula is C32H34N2. The maximum atomic E-state index is 2.39. The van der Waals surface area contributed by atoms with Crippen LogP contribution in [-0.2, 0) is 0 Å². The van der Waals surface area contributed by atoms with Crippen LogP contribution in [0.3, 0.4) is 0 Å². The van der Waals surface area contributed by atoms with Crippen molar-refractivity contribution in [2.24, 2.45) is 0 Å². The van der Waals surface area contributed by atoms with E-state index in [-0.39, 0.29) is 0 Å². The van der Waals surface area contributed by atoms with Gasteiger partial charge in [-0.05, 0) is 81.3 Å². The van der Waals surface area contributed by atoms with Crippen LogP contribution in [0.1, 0.15) is 36.1 Å². The Labute approximate surface area is 204 Å². The van der Waals surface area contributed by atoms with Crippen LogP contribution in [0, 0.1) is 13.8 Å². The molecule has 0 bridgehead atoms. The van der Waals surface area contributed by atoms with Crippen LogP contribution >= 0.6 is 0 Å². The van der Waals surface area contributed by atoms with E-state index in [0.29, 0.717) is 0 Å². The Hall–Kier alpha value is -3.78. The summed E-state index contributed by atoms with van der Waals surface area (Å²) in [5, 5.41) is 0. The van der Waals surface area contributed by atoms with Crippen LogP contribution in [0.15, 0.2) is 97.1 Å². The minimum Gasteiger partial charge on any atom is -0.372 e. The number of benzene rings is 4. The maximum absolute atomic E-state index is 2.39. The molecule has 4 rings (SSSR count). The molecule has 0 atom stereocenters. The van der Waals surface area contributed by atoms with Crippen LogP contribution in [0.2, 0.25) is 0 Å². The predicted molar refractivity (Wildman–Crippen MR) is 150 cm³/mol. The Balaban J connectivity index is 1.64. The average molecular weight is 447 g/mol. The van der Waals surface area contributed by atoms with Gasteiger partial charge in [0, 0.05) is 35.8 Å². The SMILES string of the molecule is CCN(CC)c1ccccc1/C=C/c1ccc(N(c2ccc(C)cc2)c2ccc(C)cc2)cc1. The third-order valence-electron chi connectivity index (χ3n) is 6.23. The molecule has 0 spiro atoms. The van der Waals surface area contributed by atoms with Crippen LogP contribution in [0.4, 0.5) is 22.7 Å². The number of rotatable bonds is 8. The lowest BCUT2D eigenvalue weighted by atomic mass is 10.1. The normalized spacial score (nSPS) is 11.1. The second-order valence-corrected chi connectivity index (χ2v) is 8.66. The van der Waals surface area contributed by atoms with Crippen LogP contribution in [-0.4, -0.2) is 13.1 Å². The first-order chi connectivity index (χ1) is 16.6. The van der Waals surface area contributed by atoms with Crippen molar-refractivity contribution >= 4 is 34.9 Å². The minimum absolute atomic E-state index is 1.00. The van der Waals surface area contributed by atoms with E-state index in [1.807, 2.05) is 0 Å². The smallest absolute Gasteiger partial charge is 0.0462 e. The van der Waals surface area contributed by atoms with Crippen molar-refractivity contribution in [3.8, 4) is 0 Å². The first kappa shape index (κ1) is 23.4. The number of hydrogen-bond donors (Lipinski definition) is 0. The predicted octanol–water partition coefficient (Wildman–Crippen LogP) is 8.79. The van der Waals surface area contributed by atoms with E-state index in [4.69, 9.17) is 0 Å². The number of para-hydroxylation sites is 1. The summed E-state index contributed by atoms with van der Waals surface area (Å²) in [6, 6.07) is 34.8. The van der Waals surface area contributed by atoms with Gasteiger partial charge in [0.15, 0.2) is 0 Å². The van der Waals surface area contributed by atoms with Gasteiger partial charge in [-0.1, -0.05) is 77.9 Å². The molecular weight excluding hydrogens is 412 g/mol. The monoisotopic (exact) mass is 446 g/mol. The average Bonchev–Trinajstić information content (AvgIpc) is 2.87. The molecule has 34 heavy (non-hydrogen) atoms. The summed E-state index contributed by atoms with van der Waals surface area (Å²) in [4.78, 5) is 4.70. The van der Waals surface area contributed by atoms with Crippen molar-refractivity contribution in [3.63, 3.8) is 0 Å². The fraction of sp³-hybridized carbons (Fsp3) is 0.188. The first-order valence-electron chi connectivity index (χ1n) is 12.1. The summed E-state index contributed by atoms with van der Waals surface area (Å²) >= 11 is 0. The zero-order chi connectivity index (χ0) is 23.9. The van der Waals surface area contributed by atoms with E-state index in [1.165, 1.54) is 27.9 Å². The number of anilines is 4. The quantitative estimate of drug-likeness (QED) is 0.250. The highest BCUT2D eigenvalue weighted by Crippen LogP contribution is 2.35. The fourth-order valence-corrected chi connectivity index (χ4v) is 4.24. The van der Waals surface area contributed by atoms with E-state index in [1.54, 1.807) is 0 Å². The summed E-state index contributed by atoms with van der Waals surface area (Å²) in [6.45, 7) is 10.7. The minimum atomic E-state index is 1.00. The van der Waals surface area contributed by atoms with E-state index >= 15 is 0 Å². The molecule has 0 unspecified atom stereocenters. The summed E-state index contributed by atoms with van der Waals surface area (Å²) < 4.78 is 0. The van der Waals surface area contributed by atoms with Crippen molar-refractivity contribution in [2.75, 3.05) is 22.9 Å². The summed E-state index contributed by atoms with van der Waals surface area (Å²) in [7, 11) is 0. The number of aryl methyl sites for hydroxylation is 2. The Kier molecular flexibility index (Phi) is 7.49. The van der Waals surface area contributed by atoms with Crippen LogP contribution < -0.4 is 9.80 Å². The van der Waals surface area contributed by atoms with Crippen molar-refractivity contribution < 1.29 is 0 Å². The summed E-state index contributed by atoms with van der Waals surface area (Å²) in [6.07, 6.45) is 4.43. The maximum Gasteiger partial charge on any atom is 0.0462 e. The van der Waals surface area contributed by atoms with Gasteiger partial charge in [-0.2, -0.15) is 0 Å². The lowest BCUT2D eigenvalue weighted by molar-refractivity contribution is 0.865. The third-order valence-corrected chi connectivity index (χ3v) is 6.23. The van der Waals surface area contributed by atoms with E-state index in [9.17, 15) is 0 Å². The molecule has 2 heteroatoms. The highest BCUT2D eigenvalue weighted by atomic mass is 15.1. The molecule has 0 radical (unpaired) electrons. The fourth-order valence-electron chi connectivity index (χ4n) is 4.24. The van der Waals surface area contributed by atoms with Crippen molar-refractivity contribution in [1.82, 2.24) is 0 Å². The zero-order valence-electron chi connectivity index (χ0n) is 20.7. The van der Waals surface area contributed by atoms with Gasteiger partial charge in [-0.3, -0.25) is 0 Å².